The van der Waals surface area contributed by atoms with E-state index >= 15 is 0 Å². The summed E-state index contributed by atoms with van der Waals surface area (Å²) >= 11 is 0. The fourth-order valence-corrected chi connectivity index (χ4v) is 2.85. The van der Waals surface area contributed by atoms with Gasteiger partial charge in [0.1, 0.15) is 0 Å². The van der Waals surface area contributed by atoms with Gasteiger partial charge in [0, 0.05) is 13.1 Å². The van der Waals surface area contributed by atoms with Crippen molar-refractivity contribution < 1.29 is 9.90 Å². The van der Waals surface area contributed by atoms with Crippen molar-refractivity contribution in [2.24, 2.45) is 11.8 Å². The van der Waals surface area contributed by atoms with Crippen LogP contribution in [0.15, 0.2) is 0 Å². The third-order valence-electron chi connectivity index (χ3n) is 3.83. The maximum absolute atomic E-state index is 11.0. The van der Waals surface area contributed by atoms with Crippen molar-refractivity contribution in [1.82, 2.24) is 10.2 Å². The molecule has 4 heteroatoms. The van der Waals surface area contributed by atoms with Crippen molar-refractivity contribution in [3.8, 4) is 0 Å². The maximum Gasteiger partial charge on any atom is 0.307 e. The topological polar surface area (TPSA) is 52.6 Å². The number of carbonyl (C=O) groups is 1. The minimum Gasteiger partial charge on any atom is -0.481 e. The number of piperidine rings is 2. The largest absolute Gasteiger partial charge is 0.481 e. The van der Waals surface area contributed by atoms with Gasteiger partial charge in [0.25, 0.3) is 0 Å². The van der Waals surface area contributed by atoms with Crippen molar-refractivity contribution in [2.45, 2.75) is 25.7 Å². The number of carboxylic acid groups (broad SMARTS) is 1. The Morgan fingerprint density at radius 3 is 2.75 bits per heavy atom. The molecule has 0 radical (unpaired) electrons. The molecular formula is C12H22N2O2. The third kappa shape index (κ3) is 3.19. The number of carboxylic acids is 1. The van der Waals surface area contributed by atoms with Gasteiger partial charge in [-0.15, -0.1) is 0 Å². The zero-order valence-corrected chi connectivity index (χ0v) is 9.82. The van der Waals surface area contributed by atoms with Gasteiger partial charge >= 0.3 is 5.97 Å². The van der Waals surface area contributed by atoms with Crippen LogP contribution in [0.4, 0.5) is 0 Å². The Hall–Kier alpha value is -0.610. The van der Waals surface area contributed by atoms with Crippen LogP contribution in [0.25, 0.3) is 0 Å². The first kappa shape index (κ1) is 11.9. The van der Waals surface area contributed by atoms with E-state index in [-0.39, 0.29) is 5.92 Å². The standard InChI is InChI=1S/C12H22N2O2/c15-12(16)11-2-1-7-14(9-11)8-10-3-5-13-6-4-10/h10-11,13H,1-9H2,(H,15,16). The molecule has 0 spiro atoms. The molecule has 2 N–H and O–H groups in total. The van der Waals surface area contributed by atoms with Crippen LogP contribution in [-0.2, 0) is 4.79 Å². The van der Waals surface area contributed by atoms with Gasteiger partial charge in [0.15, 0.2) is 0 Å². The Morgan fingerprint density at radius 1 is 1.31 bits per heavy atom. The van der Waals surface area contributed by atoms with Crippen LogP contribution >= 0.6 is 0 Å². The second kappa shape index (κ2) is 5.64. The summed E-state index contributed by atoms with van der Waals surface area (Å²) in [6.45, 7) is 5.21. The molecule has 16 heavy (non-hydrogen) atoms. The molecule has 0 amide bonds. The average Bonchev–Trinajstić information content (AvgIpc) is 2.30. The fraction of sp³-hybridized carbons (Fsp3) is 0.917. The van der Waals surface area contributed by atoms with Crippen LogP contribution in [0.2, 0.25) is 0 Å². The van der Waals surface area contributed by atoms with E-state index in [2.05, 4.69) is 10.2 Å². The minimum atomic E-state index is -0.616. The van der Waals surface area contributed by atoms with Gasteiger partial charge in [0.05, 0.1) is 5.92 Å². The summed E-state index contributed by atoms with van der Waals surface area (Å²) in [6, 6.07) is 0. The smallest absolute Gasteiger partial charge is 0.307 e. The number of aliphatic carboxylic acids is 1. The Balaban J connectivity index is 1.78. The van der Waals surface area contributed by atoms with E-state index in [0.717, 1.165) is 51.5 Å². The zero-order chi connectivity index (χ0) is 11.4. The number of nitrogens with zero attached hydrogens (tertiary/aromatic N) is 1. The molecule has 2 aliphatic rings. The van der Waals surface area contributed by atoms with Crippen molar-refractivity contribution in [2.75, 3.05) is 32.7 Å². The Morgan fingerprint density at radius 2 is 2.06 bits per heavy atom. The van der Waals surface area contributed by atoms with Crippen molar-refractivity contribution in [3.05, 3.63) is 0 Å². The predicted molar refractivity (Wildman–Crippen MR) is 62.4 cm³/mol. The van der Waals surface area contributed by atoms with E-state index in [1.54, 1.807) is 0 Å². The van der Waals surface area contributed by atoms with E-state index < -0.39 is 5.97 Å². The highest BCUT2D eigenvalue weighted by atomic mass is 16.4. The van der Waals surface area contributed by atoms with Crippen LogP contribution in [0.3, 0.4) is 0 Å². The molecule has 0 aliphatic carbocycles. The second-order valence-corrected chi connectivity index (χ2v) is 5.13. The molecule has 0 aromatic carbocycles. The lowest BCUT2D eigenvalue weighted by Gasteiger charge is -2.34. The molecule has 1 atom stereocenters. The molecule has 0 saturated carbocycles. The third-order valence-corrected chi connectivity index (χ3v) is 3.83. The lowest BCUT2D eigenvalue weighted by Crippen LogP contribution is -2.43. The molecule has 4 nitrogen and oxygen atoms in total. The van der Waals surface area contributed by atoms with Gasteiger partial charge < -0.3 is 15.3 Å². The summed E-state index contributed by atoms with van der Waals surface area (Å²) in [4.78, 5) is 13.3. The molecule has 2 rings (SSSR count). The van der Waals surface area contributed by atoms with Crippen molar-refractivity contribution >= 4 is 5.97 Å². The second-order valence-electron chi connectivity index (χ2n) is 5.13. The first-order chi connectivity index (χ1) is 7.75. The molecule has 1 unspecified atom stereocenters. The molecular weight excluding hydrogens is 204 g/mol. The van der Waals surface area contributed by atoms with Crippen molar-refractivity contribution in [1.29, 1.82) is 0 Å². The van der Waals surface area contributed by atoms with E-state index in [9.17, 15) is 4.79 Å². The quantitative estimate of drug-likeness (QED) is 0.747. The minimum absolute atomic E-state index is 0.129. The number of hydrogen-bond acceptors (Lipinski definition) is 3. The first-order valence-electron chi connectivity index (χ1n) is 6.41. The van der Waals surface area contributed by atoms with Gasteiger partial charge in [0.2, 0.25) is 0 Å². The van der Waals surface area contributed by atoms with Gasteiger partial charge in [-0.25, -0.2) is 0 Å². The summed E-state index contributed by atoms with van der Waals surface area (Å²) < 4.78 is 0. The van der Waals surface area contributed by atoms with Crippen LogP contribution in [0.1, 0.15) is 25.7 Å². The first-order valence-corrected chi connectivity index (χ1v) is 6.41. The molecule has 0 aromatic heterocycles. The summed E-state index contributed by atoms with van der Waals surface area (Å²) in [5.41, 5.74) is 0. The summed E-state index contributed by atoms with van der Waals surface area (Å²) in [6.07, 6.45) is 4.39. The summed E-state index contributed by atoms with van der Waals surface area (Å²) in [5.74, 6) is 0.0271. The fourth-order valence-electron chi connectivity index (χ4n) is 2.85. The molecule has 2 saturated heterocycles. The molecule has 2 heterocycles. The zero-order valence-electron chi connectivity index (χ0n) is 9.82. The predicted octanol–water partition coefficient (Wildman–Crippen LogP) is 0.783. The van der Waals surface area contributed by atoms with E-state index in [1.807, 2.05) is 0 Å². The van der Waals surface area contributed by atoms with Crippen LogP contribution in [0.5, 0.6) is 0 Å². The lowest BCUT2D eigenvalue weighted by atomic mass is 9.94. The summed E-state index contributed by atoms with van der Waals surface area (Å²) in [5, 5.41) is 12.4. The molecule has 92 valence electrons. The highest BCUT2D eigenvalue weighted by Crippen LogP contribution is 2.20. The number of rotatable bonds is 3. The van der Waals surface area contributed by atoms with Crippen molar-refractivity contribution in [3.63, 3.8) is 0 Å². The molecule has 0 bridgehead atoms. The normalized spacial score (nSPS) is 29.1. The van der Waals surface area contributed by atoms with Gasteiger partial charge in [-0.3, -0.25) is 4.79 Å². The Bertz CT molecular complexity index is 239. The van der Waals surface area contributed by atoms with E-state index in [0.29, 0.717) is 0 Å². The van der Waals surface area contributed by atoms with Crippen LogP contribution in [-0.4, -0.2) is 48.7 Å². The van der Waals surface area contributed by atoms with E-state index in [1.165, 1.54) is 12.8 Å². The van der Waals surface area contributed by atoms with Gasteiger partial charge in [-0.1, -0.05) is 0 Å². The number of likely N-dealkylation sites (tertiary alicyclic amines) is 1. The summed E-state index contributed by atoms with van der Waals surface area (Å²) in [7, 11) is 0. The van der Waals surface area contributed by atoms with Crippen LogP contribution < -0.4 is 5.32 Å². The van der Waals surface area contributed by atoms with E-state index in [4.69, 9.17) is 5.11 Å². The lowest BCUT2D eigenvalue weighted by molar-refractivity contribution is -0.143. The highest BCUT2D eigenvalue weighted by Gasteiger charge is 2.27. The monoisotopic (exact) mass is 226 g/mol. The maximum atomic E-state index is 11.0. The SMILES string of the molecule is O=C(O)C1CCCN(CC2CCNCC2)C1. The van der Waals surface area contributed by atoms with Gasteiger partial charge in [-0.05, 0) is 51.2 Å². The molecule has 2 fully saturated rings. The number of nitrogens with one attached hydrogen (secondary N) is 1. The molecule has 0 aromatic rings. The average molecular weight is 226 g/mol. The number of hydrogen-bond donors (Lipinski definition) is 2. The van der Waals surface area contributed by atoms with Gasteiger partial charge in [-0.2, -0.15) is 0 Å². The van der Waals surface area contributed by atoms with Crippen LogP contribution in [0, 0.1) is 11.8 Å². The highest BCUT2D eigenvalue weighted by molar-refractivity contribution is 5.70. The molecule has 2 aliphatic heterocycles. The Labute approximate surface area is 97.0 Å². The Kier molecular flexibility index (Phi) is 4.18.